The Labute approximate surface area is 140 Å². The van der Waals surface area contributed by atoms with Gasteiger partial charge in [0, 0.05) is 5.02 Å². The van der Waals surface area contributed by atoms with E-state index in [2.05, 4.69) is 4.72 Å². The molecule has 0 unspecified atom stereocenters. The predicted molar refractivity (Wildman–Crippen MR) is 89.7 cm³/mol. The molecule has 0 radical (unpaired) electrons. The van der Waals surface area contributed by atoms with E-state index in [1.54, 1.807) is 18.2 Å². The zero-order chi connectivity index (χ0) is 17.0. The quantitative estimate of drug-likeness (QED) is 0.827. The summed E-state index contributed by atoms with van der Waals surface area (Å²) >= 11 is 6.14. The molecule has 0 aliphatic carbocycles. The average molecular weight is 354 g/mol. The minimum Gasteiger partial charge on any atom is -0.478 e. The van der Waals surface area contributed by atoms with E-state index in [0.717, 1.165) is 24.5 Å². The lowest BCUT2D eigenvalue weighted by Crippen LogP contribution is -2.13. The van der Waals surface area contributed by atoms with E-state index in [0.29, 0.717) is 10.7 Å². The topological polar surface area (TPSA) is 83.5 Å². The van der Waals surface area contributed by atoms with Crippen LogP contribution in [0.15, 0.2) is 47.4 Å². The number of halogens is 1. The first-order chi connectivity index (χ1) is 10.8. The van der Waals surface area contributed by atoms with Gasteiger partial charge in [0.15, 0.2) is 0 Å². The maximum atomic E-state index is 12.4. The Hall–Kier alpha value is -2.05. The number of carboxylic acids is 1. The van der Waals surface area contributed by atoms with Crippen LogP contribution in [-0.2, 0) is 16.4 Å². The van der Waals surface area contributed by atoms with Crippen LogP contribution < -0.4 is 4.72 Å². The van der Waals surface area contributed by atoms with Crippen LogP contribution in [0.3, 0.4) is 0 Å². The van der Waals surface area contributed by atoms with Gasteiger partial charge in [-0.25, -0.2) is 13.2 Å². The number of aromatic carboxylic acids is 1. The van der Waals surface area contributed by atoms with E-state index in [1.807, 2.05) is 6.92 Å². The molecular weight excluding hydrogens is 338 g/mol. The first kappa shape index (κ1) is 17.3. The molecule has 23 heavy (non-hydrogen) atoms. The van der Waals surface area contributed by atoms with Gasteiger partial charge in [0.2, 0.25) is 0 Å². The monoisotopic (exact) mass is 353 g/mol. The van der Waals surface area contributed by atoms with Gasteiger partial charge >= 0.3 is 5.97 Å². The number of carboxylic acid groups (broad SMARTS) is 1. The maximum Gasteiger partial charge on any atom is 0.335 e. The third kappa shape index (κ3) is 4.24. The third-order valence-electron chi connectivity index (χ3n) is 3.22. The largest absolute Gasteiger partial charge is 0.478 e. The van der Waals surface area contributed by atoms with E-state index in [-0.39, 0.29) is 10.5 Å². The summed E-state index contributed by atoms with van der Waals surface area (Å²) in [5.41, 5.74) is 1.18. The third-order valence-corrected chi connectivity index (χ3v) is 4.95. The smallest absolute Gasteiger partial charge is 0.335 e. The normalized spacial score (nSPS) is 11.2. The number of anilines is 1. The number of nitrogens with one attached hydrogen (secondary N) is 1. The Morgan fingerprint density at radius 2 is 1.96 bits per heavy atom. The van der Waals surface area contributed by atoms with E-state index in [4.69, 9.17) is 16.7 Å². The molecule has 0 aliphatic heterocycles. The van der Waals surface area contributed by atoms with Crippen LogP contribution in [0.4, 0.5) is 5.69 Å². The molecule has 122 valence electrons. The summed E-state index contributed by atoms with van der Waals surface area (Å²) in [7, 11) is -3.88. The van der Waals surface area contributed by atoms with Crippen molar-refractivity contribution in [2.45, 2.75) is 24.7 Å². The van der Waals surface area contributed by atoms with Gasteiger partial charge in [-0.2, -0.15) is 0 Å². The first-order valence-corrected chi connectivity index (χ1v) is 8.84. The molecule has 0 atom stereocenters. The van der Waals surface area contributed by atoms with E-state index >= 15 is 0 Å². The fourth-order valence-electron chi connectivity index (χ4n) is 2.09. The highest BCUT2D eigenvalue weighted by molar-refractivity contribution is 7.92. The fourth-order valence-corrected chi connectivity index (χ4v) is 3.46. The van der Waals surface area contributed by atoms with E-state index in [9.17, 15) is 13.2 Å². The van der Waals surface area contributed by atoms with Crippen molar-refractivity contribution in [3.63, 3.8) is 0 Å². The van der Waals surface area contributed by atoms with Crippen LogP contribution in [0.5, 0.6) is 0 Å². The van der Waals surface area contributed by atoms with Crippen molar-refractivity contribution in [3.8, 4) is 0 Å². The maximum absolute atomic E-state index is 12.4. The molecule has 2 aromatic rings. The summed E-state index contributed by atoms with van der Waals surface area (Å²) in [6, 6.07) is 10.1. The molecular formula is C16H16ClNO4S. The lowest BCUT2D eigenvalue weighted by atomic mass is 10.1. The van der Waals surface area contributed by atoms with Crippen LogP contribution in [0.2, 0.25) is 5.02 Å². The number of sulfonamides is 1. The Bertz CT molecular complexity index is 834. The number of aryl methyl sites for hydroxylation is 1. The molecule has 0 aromatic heterocycles. The molecule has 7 heteroatoms. The van der Waals surface area contributed by atoms with Gasteiger partial charge in [0.25, 0.3) is 10.0 Å². The minimum absolute atomic E-state index is 0.0933. The SMILES string of the molecule is CCCc1ccc(NS(=O)(=O)c2cccc(C(=O)O)c2)cc1Cl. The number of rotatable bonds is 6. The summed E-state index contributed by atoms with van der Waals surface area (Å²) in [6.07, 6.45) is 1.75. The highest BCUT2D eigenvalue weighted by Crippen LogP contribution is 2.24. The lowest BCUT2D eigenvalue weighted by molar-refractivity contribution is 0.0696. The van der Waals surface area contributed by atoms with Crippen LogP contribution in [-0.4, -0.2) is 19.5 Å². The second kappa shape index (κ2) is 7.02. The Morgan fingerprint density at radius 3 is 2.57 bits per heavy atom. The molecule has 0 saturated carbocycles. The Balaban J connectivity index is 2.29. The summed E-state index contributed by atoms with van der Waals surface area (Å²) in [5, 5.41) is 9.44. The van der Waals surface area contributed by atoms with E-state index < -0.39 is 16.0 Å². The van der Waals surface area contributed by atoms with Crippen molar-refractivity contribution in [2.24, 2.45) is 0 Å². The summed E-state index contributed by atoms with van der Waals surface area (Å²) in [4.78, 5) is 10.8. The van der Waals surface area contributed by atoms with Crippen molar-refractivity contribution in [2.75, 3.05) is 4.72 Å². The summed E-state index contributed by atoms with van der Waals surface area (Å²) < 4.78 is 27.1. The molecule has 2 N–H and O–H groups in total. The van der Waals surface area contributed by atoms with Crippen molar-refractivity contribution in [3.05, 3.63) is 58.6 Å². The molecule has 0 spiro atoms. The van der Waals surface area contributed by atoms with Crippen LogP contribution in [0.25, 0.3) is 0 Å². The highest BCUT2D eigenvalue weighted by Gasteiger charge is 2.16. The number of benzene rings is 2. The van der Waals surface area contributed by atoms with Gasteiger partial charge in [-0.15, -0.1) is 0 Å². The van der Waals surface area contributed by atoms with Crippen molar-refractivity contribution >= 4 is 33.3 Å². The molecule has 0 aliphatic rings. The lowest BCUT2D eigenvalue weighted by Gasteiger charge is -2.10. The second-order valence-corrected chi connectivity index (χ2v) is 7.08. The summed E-state index contributed by atoms with van der Waals surface area (Å²) in [5.74, 6) is -1.19. The Kier molecular flexibility index (Phi) is 5.28. The number of hydrogen-bond donors (Lipinski definition) is 2. The number of carbonyl (C=O) groups is 1. The zero-order valence-corrected chi connectivity index (χ0v) is 14.0. The second-order valence-electron chi connectivity index (χ2n) is 4.99. The molecule has 5 nitrogen and oxygen atoms in total. The zero-order valence-electron chi connectivity index (χ0n) is 12.4. The van der Waals surface area contributed by atoms with Gasteiger partial charge in [-0.3, -0.25) is 4.72 Å². The summed E-state index contributed by atoms with van der Waals surface area (Å²) in [6.45, 7) is 2.03. The fraction of sp³-hybridized carbons (Fsp3) is 0.188. The molecule has 2 aromatic carbocycles. The Morgan fingerprint density at radius 1 is 1.22 bits per heavy atom. The van der Waals surface area contributed by atoms with Gasteiger partial charge in [-0.1, -0.05) is 37.1 Å². The molecule has 2 rings (SSSR count). The molecule has 0 saturated heterocycles. The van der Waals surface area contributed by atoms with Crippen LogP contribution in [0.1, 0.15) is 29.3 Å². The minimum atomic E-state index is -3.88. The van der Waals surface area contributed by atoms with Gasteiger partial charge in [-0.05, 0) is 42.3 Å². The molecule has 0 amide bonds. The molecule has 0 bridgehead atoms. The standard InChI is InChI=1S/C16H16ClNO4S/c1-2-4-11-7-8-13(10-15(11)17)18-23(21,22)14-6-3-5-12(9-14)16(19)20/h3,5-10,18H,2,4H2,1H3,(H,19,20). The first-order valence-electron chi connectivity index (χ1n) is 6.98. The van der Waals surface area contributed by atoms with Gasteiger partial charge in [0.05, 0.1) is 16.1 Å². The van der Waals surface area contributed by atoms with E-state index in [1.165, 1.54) is 18.2 Å². The van der Waals surface area contributed by atoms with Crippen LogP contribution in [0, 0.1) is 0 Å². The van der Waals surface area contributed by atoms with Crippen molar-refractivity contribution in [1.29, 1.82) is 0 Å². The molecule has 0 heterocycles. The van der Waals surface area contributed by atoms with Crippen molar-refractivity contribution in [1.82, 2.24) is 0 Å². The molecule has 0 fully saturated rings. The van der Waals surface area contributed by atoms with Crippen molar-refractivity contribution < 1.29 is 18.3 Å². The van der Waals surface area contributed by atoms with Crippen LogP contribution >= 0.6 is 11.6 Å². The van der Waals surface area contributed by atoms with Gasteiger partial charge in [0.1, 0.15) is 0 Å². The predicted octanol–water partition coefficient (Wildman–Crippen LogP) is 3.79. The van der Waals surface area contributed by atoms with Gasteiger partial charge < -0.3 is 5.11 Å². The number of hydrogen-bond acceptors (Lipinski definition) is 3. The average Bonchev–Trinajstić information content (AvgIpc) is 2.50. The highest BCUT2D eigenvalue weighted by atomic mass is 35.5.